The number of hydrogen-bond donors (Lipinski definition) is 1. The van der Waals surface area contributed by atoms with Crippen LogP contribution >= 0.6 is 12.6 Å². The molecule has 0 nitrogen and oxygen atoms in total. The summed E-state index contributed by atoms with van der Waals surface area (Å²) in [5.74, 6) is 0.971. The lowest BCUT2D eigenvalue weighted by Gasteiger charge is -1.95. The Labute approximate surface area is 67.7 Å². The van der Waals surface area contributed by atoms with Crippen molar-refractivity contribution in [1.29, 1.82) is 0 Å². The lowest BCUT2D eigenvalue weighted by Crippen LogP contribution is -1.84. The van der Waals surface area contributed by atoms with E-state index in [4.69, 9.17) is 0 Å². The highest BCUT2D eigenvalue weighted by Crippen LogP contribution is 2.01. The van der Waals surface area contributed by atoms with Crippen LogP contribution in [-0.2, 0) is 6.42 Å². The van der Waals surface area contributed by atoms with Crippen molar-refractivity contribution in [3.8, 4) is 0 Å². The third-order valence-electron chi connectivity index (χ3n) is 1.41. The molecule has 0 fully saturated rings. The average molecular weight is 151 g/mol. The topological polar surface area (TPSA) is 0 Å². The Morgan fingerprint density at radius 2 is 2.00 bits per heavy atom. The van der Waals surface area contributed by atoms with E-state index in [1.54, 1.807) is 0 Å². The van der Waals surface area contributed by atoms with Gasteiger partial charge in [-0.1, -0.05) is 24.3 Å². The molecule has 10 heavy (non-hydrogen) atoms. The minimum atomic E-state index is 0.971. The first-order chi connectivity index (χ1) is 4.93. The third kappa shape index (κ3) is 2.44. The molecule has 0 atom stereocenters. The Bertz CT molecular complexity index is 169. The van der Waals surface area contributed by atoms with E-state index < -0.39 is 0 Å². The van der Waals surface area contributed by atoms with E-state index in [-0.39, 0.29) is 0 Å². The number of thiol groups is 1. The maximum atomic E-state index is 4.14. The largest absolute Gasteiger partial charge is 0.179 e. The molecule has 0 saturated heterocycles. The van der Waals surface area contributed by atoms with E-state index in [0.717, 1.165) is 18.6 Å². The van der Waals surface area contributed by atoms with E-state index in [9.17, 15) is 0 Å². The second-order valence-corrected chi connectivity index (χ2v) is 2.68. The lowest BCUT2D eigenvalue weighted by molar-refractivity contribution is 0.936. The Kier molecular flexibility index (Phi) is 3.37. The molecule has 1 rings (SSSR count). The minimum Gasteiger partial charge on any atom is -0.179 e. The van der Waals surface area contributed by atoms with Crippen molar-refractivity contribution >= 4 is 12.6 Å². The molecule has 0 aliphatic carbocycles. The van der Waals surface area contributed by atoms with Crippen LogP contribution in [0.25, 0.3) is 0 Å². The zero-order valence-corrected chi connectivity index (χ0v) is 6.77. The van der Waals surface area contributed by atoms with Gasteiger partial charge in [-0.3, -0.25) is 0 Å². The Morgan fingerprint density at radius 3 is 2.60 bits per heavy atom. The molecular weight excluding hydrogens is 140 g/mol. The fraction of sp³-hybridized carbons (Fsp3) is 0.333. The molecule has 0 saturated carbocycles. The van der Waals surface area contributed by atoms with E-state index in [1.807, 2.05) is 12.1 Å². The van der Waals surface area contributed by atoms with Gasteiger partial charge in [0.15, 0.2) is 0 Å². The van der Waals surface area contributed by atoms with Crippen LogP contribution in [0.5, 0.6) is 0 Å². The SMILES string of the molecule is SCCCc1cc[c]cc1. The predicted octanol–water partition coefficient (Wildman–Crippen LogP) is 2.35. The third-order valence-corrected chi connectivity index (χ3v) is 1.73. The second kappa shape index (κ2) is 4.40. The van der Waals surface area contributed by atoms with E-state index in [2.05, 4.69) is 30.8 Å². The quantitative estimate of drug-likeness (QED) is 0.630. The second-order valence-electron chi connectivity index (χ2n) is 2.24. The molecule has 0 aromatic heterocycles. The molecule has 0 aliphatic heterocycles. The van der Waals surface area contributed by atoms with E-state index >= 15 is 0 Å². The maximum Gasteiger partial charge on any atom is -0.00947 e. The fourth-order valence-corrected chi connectivity index (χ4v) is 1.03. The van der Waals surface area contributed by atoms with Gasteiger partial charge in [-0.05, 0) is 30.2 Å². The Morgan fingerprint density at radius 1 is 1.30 bits per heavy atom. The standard InChI is InChI=1S/C9H11S/c10-8-4-7-9-5-2-1-3-6-9/h2-3,5-6,10H,4,7-8H2. The summed E-state index contributed by atoms with van der Waals surface area (Å²) in [7, 11) is 0. The molecule has 0 spiro atoms. The smallest absolute Gasteiger partial charge is 0.00947 e. The van der Waals surface area contributed by atoms with Gasteiger partial charge in [-0.2, -0.15) is 12.6 Å². The Balaban J connectivity index is 2.43. The first kappa shape index (κ1) is 7.67. The fourth-order valence-electron chi connectivity index (χ4n) is 0.871. The van der Waals surface area contributed by atoms with Crippen LogP contribution in [0.2, 0.25) is 0 Å². The van der Waals surface area contributed by atoms with Crippen LogP contribution < -0.4 is 0 Å². The number of benzene rings is 1. The summed E-state index contributed by atoms with van der Waals surface area (Å²) in [6, 6.07) is 11.1. The van der Waals surface area contributed by atoms with Crippen molar-refractivity contribution in [1.82, 2.24) is 0 Å². The summed E-state index contributed by atoms with van der Waals surface area (Å²) >= 11 is 4.14. The maximum absolute atomic E-state index is 4.14. The molecule has 1 aromatic carbocycles. The van der Waals surface area contributed by atoms with Gasteiger partial charge in [0.05, 0.1) is 0 Å². The number of aryl methyl sites for hydroxylation is 1. The summed E-state index contributed by atoms with van der Waals surface area (Å²) in [5, 5.41) is 0. The zero-order chi connectivity index (χ0) is 7.23. The summed E-state index contributed by atoms with van der Waals surface area (Å²) in [4.78, 5) is 0. The summed E-state index contributed by atoms with van der Waals surface area (Å²) in [6.07, 6.45) is 2.30. The molecular formula is C9H11S. The number of rotatable bonds is 3. The molecule has 1 heteroatoms. The van der Waals surface area contributed by atoms with Crippen molar-refractivity contribution in [2.75, 3.05) is 5.75 Å². The molecule has 1 aromatic rings. The van der Waals surface area contributed by atoms with Crippen molar-refractivity contribution in [2.24, 2.45) is 0 Å². The molecule has 53 valence electrons. The van der Waals surface area contributed by atoms with Crippen molar-refractivity contribution in [2.45, 2.75) is 12.8 Å². The monoisotopic (exact) mass is 151 g/mol. The Hall–Kier alpha value is -0.430. The molecule has 1 radical (unpaired) electrons. The molecule has 0 heterocycles. The molecule has 0 aliphatic rings. The summed E-state index contributed by atoms with van der Waals surface area (Å²) in [6.45, 7) is 0. The highest BCUT2D eigenvalue weighted by Gasteiger charge is 1.87. The van der Waals surface area contributed by atoms with Crippen LogP contribution in [0, 0.1) is 6.07 Å². The van der Waals surface area contributed by atoms with Gasteiger partial charge >= 0.3 is 0 Å². The van der Waals surface area contributed by atoms with Gasteiger partial charge < -0.3 is 0 Å². The summed E-state index contributed by atoms with van der Waals surface area (Å²) in [5.41, 5.74) is 1.38. The van der Waals surface area contributed by atoms with Gasteiger partial charge in [0.2, 0.25) is 0 Å². The normalized spacial score (nSPS) is 9.70. The van der Waals surface area contributed by atoms with Gasteiger partial charge in [-0.25, -0.2) is 0 Å². The zero-order valence-electron chi connectivity index (χ0n) is 5.88. The van der Waals surface area contributed by atoms with Crippen molar-refractivity contribution in [3.05, 3.63) is 35.9 Å². The highest BCUT2D eigenvalue weighted by molar-refractivity contribution is 7.80. The first-order valence-corrected chi connectivity index (χ1v) is 4.12. The van der Waals surface area contributed by atoms with E-state index in [0.29, 0.717) is 0 Å². The predicted molar refractivity (Wildman–Crippen MR) is 47.5 cm³/mol. The van der Waals surface area contributed by atoms with Crippen LogP contribution in [0.1, 0.15) is 12.0 Å². The van der Waals surface area contributed by atoms with Crippen LogP contribution in [0.3, 0.4) is 0 Å². The van der Waals surface area contributed by atoms with Gasteiger partial charge in [-0.15, -0.1) is 0 Å². The van der Waals surface area contributed by atoms with Gasteiger partial charge in [0, 0.05) is 0 Å². The van der Waals surface area contributed by atoms with Gasteiger partial charge in [0.25, 0.3) is 0 Å². The molecule has 0 unspecified atom stereocenters. The molecule has 0 amide bonds. The average Bonchev–Trinajstić information content (AvgIpc) is 2.03. The molecule has 0 bridgehead atoms. The van der Waals surface area contributed by atoms with Crippen LogP contribution in [0.15, 0.2) is 24.3 Å². The highest BCUT2D eigenvalue weighted by atomic mass is 32.1. The van der Waals surface area contributed by atoms with Gasteiger partial charge in [0.1, 0.15) is 0 Å². The van der Waals surface area contributed by atoms with E-state index in [1.165, 1.54) is 5.56 Å². The molecule has 0 N–H and O–H groups in total. The minimum absolute atomic E-state index is 0.971. The number of hydrogen-bond acceptors (Lipinski definition) is 1. The van der Waals surface area contributed by atoms with Crippen molar-refractivity contribution < 1.29 is 0 Å². The summed E-state index contributed by atoms with van der Waals surface area (Å²) < 4.78 is 0. The lowest BCUT2D eigenvalue weighted by atomic mass is 10.1. The van der Waals surface area contributed by atoms with Crippen LogP contribution in [-0.4, -0.2) is 5.75 Å². The van der Waals surface area contributed by atoms with Crippen LogP contribution in [0.4, 0.5) is 0 Å². The first-order valence-electron chi connectivity index (χ1n) is 3.49. The van der Waals surface area contributed by atoms with Crippen molar-refractivity contribution in [3.63, 3.8) is 0 Å².